The topological polar surface area (TPSA) is 39.1 Å². The van der Waals surface area contributed by atoms with E-state index < -0.39 is 0 Å². The third-order valence-corrected chi connectivity index (χ3v) is 3.48. The summed E-state index contributed by atoms with van der Waals surface area (Å²) in [6.07, 6.45) is 4.68. The number of hydrogen-bond donors (Lipinski definition) is 1. The zero-order valence-electron chi connectivity index (χ0n) is 12.7. The minimum absolute atomic E-state index is 0.190. The van der Waals surface area contributed by atoms with E-state index in [1.807, 2.05) is 25.5 Å². The molecule has 1 unspecified atom stereocenters. The molecule has 1 aromatic carbocycles. The fourth-order valence-corrected chi connectivity index (χ4v) is 2.50. The Balaban J connectivity index is 2.29. The van der Waals surface area contributed by atoms with Crippen molar-refractivity contribution in [1.29, 1.82) is 0 Å². The van der Waals surface area contributed by atoms with E-state index in [0.29, 0.717) is 0 Å². The lowest BCUT2D eigenvalue weighted by Gasteiger charge is -2.19. The molecule has 108 valence electrons. The maximum absolute atomic E-state index is 5.47. The standard InChI is InChI=1S/C16H23N3O/c1-5-17-14(16-18-8-9-19(16)3)11-13-10-12(2)6-7-15(13)20-4/h6-10,14,17H,5,11H2,1-4H3. The van der Waals surface area contributed by atoms with E-state index in [2.05, 4.69) is 40.8 Å². The predicted molar refractivity (Wildman–Crippen MR) is 81.1 cm³/mol. The maximum Gasteiger partial charge on any atom is 0.125 e. The van der Waals surface area contributed by atoms with E-state index in [1.54, 1.807) is 7.11 Å². The van der Waals surface area contributed by atoms with Crippen molar-refractivity contribution in [3.05, 3.63) is 47.5 Å². The van der Waals surface area contributed by atoms with Crippen LogP contribution in [0, 0.1) is 6.92 Å². The Morgan fingerprint density at radius 1 is 1.40 bits per heavy atom. The molecule has 0 aliphatic carbocycles. The van der Waals surface area contributed by atoms with Gasteiger partial charge in [-0.15, -0.1) is 0 Å². The fourth-order valence-electron chi connectivity index (χ4n) is 2.50. The zero-order valence-corrected chi connectivity index (χ0v) is 12.7. The second-order valence-corrected chi connectivity index (χ2v) is 5.03. The highest BCUT2D eigenvalue weighted by Crippen LogP contribution is 2.25. The molecule has 2 rings (SSSR count). The first-order valence-electron chi connectivity index (χ1n) is 6.99. The average Bonchev–Trinajstić information content (AvgIpc) is 2.85. The van der Waals surface area contributed by atoms with Crippen LogP contribution in [0.2, 0.25) is 0 Å². The molecular formula is C16H23N3O. The summed E-state index contributed by atoms with van der Waals surface area (Å²) in [7, 11) is 3.75. The highest BCUT2D eigenvalue weighted by Gasteiger charge is 2.17. The van der Waals surface area contributed by atoms with Gasteiger partial charge in [-0.1, -0.05) is 24.6 Å². The highest BCUT2D eigenvalue weighted by atomic mass is 16.5. The van der Waals surface area contributed by atoms with Crippen LogP contribution in [0.1, 0.15) is 29.9 Å². The van der Waals surface area contributed by atoms with E-state index in [9.17, 15) is 0 Å². The molecule has 0 spiro atoms. The average molecular weight is 273 g/mol. The van der Waals surface area contributed by atoms with Crippen molar-refractivity contribution in [2.45, 2.75) is 26.3 Å². The van der Waals surface area contributed by atoms with Crippen LogP contribution >= 0.6 is 0 Å². The third-order valence-electron chi connectivity index (χ3n) is 3.48. The fraction of sp³-hybridized carbons (Fsp3) is 0.438. The van der Waals surface area contributed by atoms with Crippen molar-refractivity contribution in [2.75, 3.05) is 13.7 Å². The first-order valence-corrected chi connectivity index (χ1v) is 6.99. The highest BCUT2D eigenvalue weighted by molar-refractivity contribution is 5.37. The third kappa shape index (κ3) is 3.20. The number of likely N-dealkylation sites (N-methyl/N-ethyl adjacent to an activating group) is 1. The smallest absolute Gasteiger partial charge is 0.125 e. The van der Waals surface area contributed by atoms with E-state index in [4.69, 9.17) is 4.74 Å². The Labute approximate surface area is 120 Å². The summed E-state index contributed by atoms with van der Waals surface area (Å²) in [6.45, 7) is 5.13. The van der Waals surface area contributed by atoms with Gasteiger partial charge >= 0.3 is 0 Å². The summed E-state index contributed by atoms with van der Waals surface area (Å²) >= 11 is 0. The van der Waals surface area contributed by atoms with Gasteiger partial charge in [0.05, 0.1) is 13.2 Å². The molecule has 0 saturated heterocycles. The molecule has 0 bridgehead atoms. The quantitative estimate of drug-likeness (QED) is 0.879. The van der Waals surface area contributed by atoms with Gasteiger partial charge in [-0.05, 0) is 31.5 Å². The zero-order chi connectivity index (χ0) is 14.5. The summed E-state index contributed by atoms with van der Waals surface area (Å²) < 4.78 is 7.54. The van der Waals surface area contributed by atoms with Gasteiger partial charge in [-0.3, -0.25) is 0 Å². The number of ether oxygens (including phenoxy) is 1. The predicted octanol–water partition coefficient (Wildman–Crippen LogP) is 2.63. The molecule has 0 radical (unpaired) electrons. The molecule has 0 aliphatic heterocycles. The normalized spacial score (nSPS) is 12.4. The summed E-state index contributed by atoms with van der Waals surface area (Å²) in [5, 5.41) is 3.51. The molecule has 0 fully saturated rings. The van der Waals surface area contributed by atoms with Crippen molar-refractivity contribution in [3.63, 3.8) is 0 Å². The lowest BCUT2D eigenvalue weighted by molar-refractivity contribution is 0.404. The molecule has 4 nitrogen and oxygen atoms in total. The summed E-state index contributed by atoms with van der Waals surface area (Å²) in [6, 6.07) is 6.49. The molecule has 0 amide bonds. The second-order valence-electron chi connectivity index (χ2n) is 5.03. The number of hydrogen-bond acceptors (Lipinski definition) is 3. The SMILES string of the molecule is CCNC(Cc1cc(C)ccc1OC)c1nccn1C. The summed E-state index contributed by atoms with van der Waals surface area (Å²) in [5.41, 5.74) is 2.46. The summed E-state index contributed by atoms with van der Waals surface area (Å²) in [4.78, 5) is 4.47. The van der Waals surface area contributed by atoms with Gasteiger partial charge in [-0.2, -0.15) is 0 Å². The molecule has 0 aliphatic rings. The van der Waals surface area contributed by atoms with Crippen LogP contribution < -0.4 is 10.1 Å². The minimum atomic E-state index is 0.190. The molecule has 20 heavy (non-hydrogen) atoms. The van der Waals surface area contributed by atoms with Gasteiger partial charge in [0.25, 0.3) is 0 Å². The Morgan fingerprint density at radius 3 is 2.80 bits per heavy atom. The maximum atomic E-state index is 5.47. The lowest BCUT2D eigenvalue weighted by Crippen LogP contribution is -2.25. The molecule has 1 N–H and O–H groups in total. The largest absolute Gasteiger partial charge is 0.496 e. The number of nitrogens with zero attached hydrogens (tertiary/aromatic N) is 2. The molecule has 4 heteroatoms. The number of benzene rings is 1. The van der Waals surface area contributed by atoms with E-state index in [0.717, 1.165) is 24.5 Å². The van der Waals surface area contributed by atoms with Gasteiger partial charge < -0.3 is 14.6 Å². The molecule has 1 atom stereocenters. The molecule has 1 aromatic heterocycles. The number of imidazole rings is 1. The van der Waals surface area contributed by atoms with Gasteiger partial charge in [0.15, 0.2) is 0 Å². The molecule has 1 heterocycles. The first-order chi connectivity index (χ1) is 9.65. The monoisotopic (exact) mass is 273 g/mol. The number of nitrogens with one attached hydrogen (secondary N) is 1. The summed E-state index contributed by atoms with van der Waals surface area (Å²) in [5.74, 6) is 1.99. The number of methoxy groups -OCH3 is 1. The molecular weight excluding hydrogens is 250 g/mol. The van der Waals surface area contributed by atoms with Crippen molar-refractivity contribution in [1.82, 2.24) is 14.9 Å². The van der Waals surface area contributed by atoms with E-state index in [1.165, 1.54) is 11.1 Å². The second kappa shape index (κ2) is 6.57. The van der Waals surface area contributed by atoms with Gasteiger partial charge in [0, 0.05) is 19.4 Å². The Bertz CT molecular complexity index is 563. The van der Waals surface area contributed by atoms with Gasteiger partial charge in [0.1, 0.15) is 11.6 Å². The van der Waals surface area contributed by atoms with Crippen LogP contribution in [0.15, 0.2) is 30.6 Å². The minimum Gasteiger partial charge on any atom is -0.496 e. The van der Waals surface area contributed by atoms with Crippen LogP contribution in [0.5, 0.6) is 5.75 Å². The van der Waals surface area contributed by atoms with Crippen LogP contribution in [0.3, 0.4) is 0 Å². The van der Waals surface area contributed by atoms with Crippen molar-refractivity contribution in [3.8, 4) is 5.75 Å². The van der Waals surface area contributed by atoms with Crippen LogP contribution in [0.4, 0.5) is 0 Å². The molecule has 0 saturated carbocycles. The number of aryl methyl sites for hydroxylation is 2. The number of aromatic nitrogens is 2. The van der Waals surface area contributed by atoms with Crippen LogP contribution in [-0.4, -0.2) is 23.2 Å². The Kier molecular flexibility index (Phi) is 4.79. The van der Waals surface area contributed by atoms with Gasteiger partial charge in [0.2, 0.25) is 0 Å². The van der Waals surface area contributed by atoms with Crippen LogP contribution in [0.25, 0.3) is 0 Å². The Hall–Kier alpha value is -1.81. The van der Waals surface area contributed by atoms with Crippen LogP contribution in [-0.2, 0) is 13.5 Å². The van der Waals surface area contributed by atoms with Gasteiger partial charge in [-0.25, -0.2) is 4.98 Å². The first kappa shape index (κ1) is 14.6. The van der Waals surface area contributed by atoms with Crippen molar-refractivity contribution >= 4 is 0 Å². The van der Waals surface area contributed by atoms with E-state index >= 15 is 0 Å². The Morgan fingerprint density at radius 2 is 2.20 bits per heavy atom. The van der Waals surface area contributed by atoms with Crippen molar-refractivity contribution < 1.29 is 4.74 Å². The van der Waals surface area contributed by atoms with E-state index in [-0.39, 0.29) is 6.04 Å². The lowest BCUT2D eigenvalue weighted by atomic mass is 10.0. The van der Waals surface area contributed by atoms with Crippen molar-refractivity contribution in [2.24, 2.45) is 7.05 Å². The molecule has 2 aromatic rings. The number of rotatable bonds is 6.